The number of anilines is 2. The van der Waals surface area contributed by atoms with Crippen LogP contribution >= 0.6 is 0 Å². The van der Waals surface area contributed by atoms with E-state index in [-0.39, 0.29) is 17.2 Å². The smallest absolute Gasteiger partial charge is 0.260 e. The average Bonchev–Trinajstić information content (AvgIpc) is 2.36. The zero-order chi connectivity index (χ0) is 14.0. The van der Waals surface area contributed by atoms with Gasteiger partial charge in [-0.3, -0.25) is 10.1 Å². The van der Waals surface area contributed by atoms with Crippen molar-refractivity contribution in [3.05, 3.63) is 41.0 Å². The maximum atomic E-state index is 13.1. The van der Waals surface area contributed by atoms with Crippen molar-refractivity contribution >= 4 is 17.5 Å². The first-order valence-electron chi connectivity index (χ1n) is 5.51. The molecule has 1 amide bonds. The van der Waals surface area contributed by atoms with Gasteiger partial charge in [-0.1, -0.05) is 0 Å². The number of carbonyl (C=O) groups is 1. The second-order valence-electron chi connectivity index (χ2n) is 3.99. The van der Waals surface area contributed by atoms with E-state index in [2.05, 4.69) is 20.5 Å². The highest BCUT2D eigenvalue weighted by Gasteiger charge is 2.13. The minimum absolute atomic E-state index is 0.0295. The lowest BCUT2D eigenvalue weighted by Gasteiger charge is -2.07. The minimum atomic E-state index is -0.581. The maximum absolute atomic E-state index is 13.1. The Morgan fingerprint density at radius 3 is 2.68 bits per heavy atom. The minimum Gasteiger partial charge on any atom is -0.398 e. The zero-order valence-corrected chi connectivity index (χ0v) is 10.4. The van der Waals surface area contributed by atoms with E-state index >= 15 is 0 Å². The third-order valence-corrected chi connectivity index (χ3v) is 2.58. The summed E-state index contributed by atoms with van der Waals surface area (Å²) in [7, 11) is 0. The summed E-state index contributed by atoms with van der Waals surface area (Å²) in [4.78, 5) is 16.0. The van der Waals surface area contributed by atoms with Crippen LogP contribution in [0.4, 0.5) is 16.0 Å². The molecule has 0 unspecified atom stereocenters. The zero-order valence-electron chi connectivity index (χ0n) is 10.4. The maximum Gasteiger partial charge on any atom is 0.260 e. The van der Waals surface area contributed by atoms with Crippen molar-refractivity contribution in [2.45, 2.75) is 13.8 Å². The van der Waals surface area contributed by atoms with Crippen LogP contribution in [0.1, 0.15) is 21.7 Å². The van der Waals surface area contributed by atoms with Crippen molar-refractivity contribution in [3.63, 3.8) is 0 Å². The first-order chi connectivity index (χ1) is 8.97. The molecule has 6 nitrogen and oxygen atoms in total. The fourth-order valence-electron chi connectivity index (χ4n) is 1.40. The molecule has 0 radical (unpaired) electrons. The largest absolute Gasteiger partial charge is 0.398 e. The Hall–Kier alpha value is -2.57. The number of aryl methyl sites for hydroxylation is 2. The normalized spacial score (nSPS) is 10.3. The van der Waals surface area contributed by atoms with Gasteiger partial charge in [0, 0.05) is 5.69 Å². The summed E-state index contributed by atoms with van der Waals surface area (Å²) >= 11 is 0. The standard InChI is InChI=1S/C12H12FN5O/c1-6-7(2)17-18-12(15-6)16-11(19)9-5-8(13)3-4-10(9)14/h3-5H,14H2,1-2H3,(H,15,16,18,19). The molecule has 7 heteroatoms. The number of nitrogens with zero attached hydrogens (tertiary/aromatic N) is 3. The number of nitrogen functional groups attached to an aromatic ring is 1. The number of nitrogens with one attached hydrogen (secondary N) is 1. The average molecular weight is 261 g/mol. The molecule has 0 bridgehead atoms. The van der Waals surface area contributed by atoms with Crippen LogP contribution in [0.5, 0.6) is 0 Å². The molecule has 1 aromatic carbocycles. The van der Waals surface area contributed by atoms with Crippen molar-refractivity contribution in [1.29, 1.82) is 0 Å². The van der Waals surface area contributed by atoms with Crippen molar-refractivity contribution in [3.8, 4) is 0 Å². The Morgan fingerprint density at radius 1 is 1.26 bits per heavy atom. The third kappa shape index (κ3) is 2.82. The van der Waals surface area contributed by atoms with Gasteiger partial charge in [0.1, 0.15) is 5.82 Å². The Labute approximate surface area is 108 Å². The molecule has 1 heterocycles. The van der Waals surface area contributed by atoms with Gasteiger partial charge in [0.15, 0.2) is 0 Å². The van der Waals surface area contributed by atoms with Gasteiger partial charge < -0.3 is 5.73 Å². The SMILES string of the molecule is Cc1nnc(NC(=O)c2cc(F)ccc2N)nc1C. The van der Waals surface area contributed by atoms with E-state index in [0.717, 1.165) is 6.07 Å². The predicted octanol–water partition coefficient (Wildman–Crippen LogP) is 1.46. The fourth-order valence-corrected chi connectivity index (χ4v) is 1.40. The number of rotatable bonds is 2. The lowest BCUT2D eigenvalue weighted by Crippen LogP contribution is -2.17. The molecule has 0 aliphatic carbocycles. The molecule has 19 heavy (non-hydrogen) atoms. The third-order valence-electron chi connectivity index (χ3n) is 2.58. The first kappa shape index (κ1) is 12.9. The van der Waals surface area contributed by atoms with Crippen LogP contribution in [-0.4, -0.2) is 21.1 Å². The van der Waals surface area contributed by atoms with Crippen LogP contribution in [0.15, 0.2) is 18.2 Å². The van der Waals surface area contributed by atoms with Gasteiger partial charge >= 0.3 is 0 Å². The van der Waals surface area contributed by atoms with Gasteiger partial charge in [0.25, 0.3) is 5.91 Å². The molecule has 98 valence electrons. The molecule has 0 spiro atoms. The molecule has 0 saturated carbocycles. The van der Waals surface area contributed by atoms with E-state index in [1.807, 2.05) is 0 Å². The number of nitrogens with two attached hydrogens (primary N) is 1. The molecular weight excluding hydrogens is 249 g/mol. The van der Waals surface area contributed by atoms with E-state index in [9.17, 15) is 9.18 Å². The van der Waals surface area contributed by atoms with Gasteiger partial charge in [-0.15, -0.1) is 5.10 Å². The van der Waals surface area contributed by atoms with E-state index in [4.69, 9.17) is 5.73 Å². The molecule has 0 aliphatic heterocycles. The Balaban J connectivity index is 2.25. The summed E-state index contributed by atoms with van der Waals surface area (Å²) in [6.07, 6.45) is 0. The lowest BCUT2D eigenvalue weighted by molar-refractivity contribution is 0.102. The van der Waals surface area contributed by atoms with Crippen LogP contribution in [0.3, 0.4) is 0 Å². The second-order valence-corrected chi connectivity index (χ2v) is 3.99. The van der Waals surface area contributed by atoms with Crippen LogP contribution < -0.4 is 11.1 Å². The summed E-state index contributed by atoms with van der Waals surface area (Å²) in [5, 5.41) is 9.99. The first-order valence-corrected chi connectivity index (χ1v) is 5.51. The van der Waals surface area contributed by atoms with Crippen LogP contribution in [0.2, 0.25) is 0 Å². The number of benzene rings is 1. The highest BCUT2D eigenvalue weighted by Crippen LogP contribution is 2.14. The van der Waals surface area contributed by atoms with Gasteiger partial charge in [-0.05, 0) is 32.0 Å². The Bertz CT molecular complexity index is 644. The number of halogens is 1. The fraction of sp³-hybridized carbons (Fsp3) is 0.167. The number of hydrogen-bond acceptors (Lipinski definition) is 5. The van der Waals surface area contributed by atoms with Gasteiger partial charge in [0.2, 0.25) is 5.95 Å². The Kier molecular flexibility index (Phi) is 3.37. The van der Waals surface area contributed by atoms with Gasteiger partial charge in [0.05, 0.1) is 17.0 Å². The topological polar surface area (TPSA) is 93.8 Å². The molecule has 0 aliphatic rings. The van der Waals surface area contributed by atoms with Crippen molar-refractivity contribution < 1.29 is 9.18 Å². The monoisotopic (exact) mass is 261 g/mol. The summed E-state index contributed by atoms with van der Waals surface area (Å²) in [6.45, 7) is 3.50. The number of hydrogen-bond donors (Lipinski definition) is 2. The van der Waals surface area contributed by atoms with Gasteiger partial charge in [-0.2, -0.15) is 5.10 Å². The molecule has 0 saturated heterocycles. The summed E-state index contributed by atoms with van der Waals surface area (Å²) in [6, 6.07) is 3.56. The molecule has 1 aromatic heterocycles. The number of amides is 1. The molecule has 2 rings (SSSR count). The van der Waals surface area contributed by atoms with Crippen molar-refractivity contribution in [2.75, 3.05) is 11.1 Å². The summed E-state index contributed by atoms with van der Waals surface area (Å²) in [5.41, 5.74) is 7.14. The van der Waals surface area contributed by atoms with E-state index < -0.39 is 11.7 Å². The quantitative estimate of drug-likeness (QED) is 0.798. The molecule has 3 N–H and O–H groups in total. The van der Waals surface area contributed by atoms with Crippen molar-refractivity contribution in [2.24, 2.45) is 0 Å². The van der Waals surface area contributed by atoms with Crippen molar-refractivity contribution in [1.82, 2.24) is 15.2 Å². The molecule has 0 fully saturated rings. The summed E-state index contributed by atoms with van der Waals surface area (Å²) in [5.74, 6) is -1.07. The van der Waals surface area contributed by atoms with E-state index in [0.29, 0.717) is 11.4 Å². The van der Waals surface area contributed by atoms with Crippen LogP contribution in [-0.2, 0) is 0 Å². The lowest BCUT2D eigenvalue weighted by atomic mass is 10.1. The Morgan fingerprint density at radius 2 is 2.00 bits per heavy atom. The van der Waals surface area contributed by atoms with Crippen LogP contribution in [0, 0.1) is 19.7 Å². The molecule has 0 atom stereocenters. The predicted molar refractivity (Wildman–Crippen MR) is 68.1 cm³/mol. The van der Waals surface area contributed by atoms with Gasteiger partial charge in [-0.25, -0.2) is 9.37 Å². The van der Waals surface area contributed by atoms with Crippen LogP contribution in [0.25, 0.3) is 0 Å². The van der Waals surface area contributed by atoms with E-state index in [1.54, 1.807) is 13.8 Å². The number of aromatic nitrogens is 3. The molecule has 2 aromatic rings. The second kappa shape index (κ2) is 4.97. The highest BCUT2D eigenvalue weighted by atomic mass is 19.1. The summed E-state index contributed by atoms with van der Waals surface area (Å²) < 4.78 is 13.1. The van der Waals surface area contributed by atoms with E-state index in [1.165, 1.54) is 12.1 Å². The highest BCUT2D eigenvalue weighted by molar-refractivity contribution is 6.06. The number of carbonyl (C=O) groups excluding carboxylic acids is 1. The molecular formula is C12H12FN5O.